The Labute approximate surface area is 117 Å². The molecule has 1 heterocycles. The van der Waals surface area contributed by atoms with Crippen LogP contribution in [-0.2, 0) is 15.7 Å². The van der Waals surface area contributed by atoms with Crippen molar-refractivity contribution in [2.24, 2.45) is 0 Å². The van der Waals surface area contributed by atoms with Crippen LogP contribution in [0.2, 0.25) is 0 Å². The Balaban J connectivity index is 2.11. The number of aromatic nitrogens is 3. The second kappa shape index (κ2) is 5.92. The van der Waals surface area contributed by atoms with Crippen LogP contribution in [0.15, 0.2) is 30.3 Å². The molecule has 0 bridgehead atoms. The monoisotopic (exact) mass is 300 g/mol. The molecule has 2 N–H and O–H groups in total. The molecule has 2 rings (SSSR count). The Bertz CT molecular complexity index is 612. The molecule has 1 unspecified atom stereocenters. The highest BCUT2D eigenvalue weighted by atomic mass is 19.4. The van der Waals surface area contributed by atoms with Crippen LogP contribution < -0.4 is 5.32 Å². The van der Waals surface area contributed by atoms with E-state index in [-0.39, 0.29) is 0 Å². The average Bonchev–Trinajstić information content (AvgIpc) is 2.89. The molecule has 0 fully saturated rings. The first kappa shape index (κ1) is 15.0. The van der Waals surface area contributed by atoms with Crippen LogP contribution in [0.1, 0.15) is 17.5 Å². The van der Waals surface area contributed by atoms with Crippen molar-refractivity contribution in [2.45, 2.75) is 12.3 Å². The highest BCUT2D eigenvalue weighted by molar-refractivity contribution is 5.93. The summed E-state index contributed by atoms with van der Waals surface area (Å²) in [4.78, 5) is 15.1. The first-order chi connectivity index (χ1) is 9.91. The van der Waals surface area contributed by atoms with E-state index < -0.39 is 30.0 Å². The van der Waals surface area contributed by atoms with Gasteiger partial charge in [-0.15, -0.1) is 5.10 Å². The van der Waals surface area contributed by atoms with Gasteiger partial charge in [0, 0.05) is 7.11 Å². The summed E-state index contributed by atoms with van der Waals surface area (Å²) < 4.78 is 42.1. The van der Waals surface area contributed by atoms with Crippen LogP contribution in [0, 0.1) is 0 Å². The predicted molar refractivity (Wildman–Crippen MR) is 66.2 cm³/mol. The Hall–Kier alpha value is -2.42. The van der Waals surface area contributed by atoms with E-state index >= 15 is 0 Å². The van der Waals surface area contributed by atoms with Crippen molar-refractivity contribution in [3.05, 3.63) is 41.7 Å². The van der Waals surface area contributed by atoms with E-state index in [0.29, 0.717) is 5.56 Å². The SMILES string of the molecule is COC(C(=O)Nc1n[nH]c(C(F)(F)F)n1)c1ccccc1. The van der Waals surface area contributed by atoms with Gasteiger partial charge in [0.1, 0.15) is 0 Å². The number of carbonyl (C=O) groups is 1. The number of aromatic amines is 1. The fraction of sp³-hybridized carbons (Fsp3) is 0.250. The van der Waals surface area contributed by atoms with Crippen molar-refractivity contribution < 1.29 is 22.7 Å². The number of hydrogen-bond acceptors (Lipinski definition) is 4. The van der Waals surface area contributed by atoms with E-state index in [2.05, 4.69) is 15.4 Å². The van der Waals surface area contributed by atoms with E-state index in [4.69, 9.17) is 4.74 Å². The molecule has 0 aliphatic rings. The fourth-order valence-corrected chi connectivity index (χ4v) is 1.64. The fourth-order valence-electron chi connectivity index (χ4n) is 1.64. The number of benzene rings is 1. The van der Waals surface area contributed by atoms with E-state index in [1.807, 2.05) is 0 Å². The topological polar surface area (TPSA) is 79.9 Å². The largest absolute Gasteiger partial charge is 0.451 e. The van der Waals surface area contributed by atoms with Crippen molar-refractivity contribution in [3.63, 3.8) is 0 Å². The zero-order valence-electron chi connectivity index (χ0n) is 10.8. The van der Waals surface area contributed by atoms with Crippen LogP contribution >= 0.6 is 0 Å². The van der Waals surface area contributed by atoms with E-state index in [1.54, 1.807) is 35.4 Å². The summed E-state index contributed by atoms with van der Waals surface area (Å²) >= 11 is 0. The van der Waals surface area contributed by atoms with Crippen molar-refractivity contribution in [1.29, 1.82) is 0 Å². The Morgan fingerprint density at radius 3 is 2.52 bits per heavy atom. The number of nitrogens with one attached hydrogen (secondary N) is 2. The summed E-state index contributed by atoms with van der Waals surface area (Å²) in [6.07, 6.45) is -5.63. The summed E-state index contributed by atoms with van der Waals surface area (Å²) in [6.45, 7) is 0. The number of carbonyl (C=O) groups excluding carboxylic acids is 1. The van der Waals surface area contributed by atoms with Crippen molar-refractivity contribution in [2.75, 3.05) is 12.4 Å². The maximum Gasteiger partial charge on any atom is 0.451 e. The van der Waals surface area contributed by atoms with E-state index in [9.17, 15) is 18.0 Å². The van der Waals surface area contributed by atoms with Crippen LogP contribution in [0.5, 0.6) is 0 Å². The standard InChI is InChI=1S/C12H11F3N4O2/c1-21-8(7-5-3-2-4-6-7)9(20)16-11-17-10(18-19-11)12(13,14)15/h2-6,8H,1H3,(H2,16,17,18,19,20). The number of rotatable bonds is 4. The lowest BCUT2D eigenvalue weighted by Gasteiger charge is -2.14. The molecule has 0 aliphatic heterocycles. The molecule has 0 saturated carbocycles. The number of amides is 1. The zero-order valence-corrected chi connectivity index (χ0v) is 10.8. The van der Waals surface area contributed by atoms with Crippen molar-refractivity contribution in [3.8, 4) is 0 Å². The molecule has 0 aliphatic carbocycles. The minimum atomic E-state index is -4.66. The number of alkyl halides is 3. The third-order valence-electron chi connectivity index (χ3n) is 2.57. The molecule has 2 aromatic rings. The minimum Gasteiger partial charge on any atom is -0.367 e. The van der Waals surface area contributed by atoms with Crippen LogP contribution in [0.25, 0.3) is 0 Å². The molecule has 21 heavy (non-hydrogen) atoms. The van der Waals surface area contributed by atoms with Crippen molar-refractivity contribution in [1.82, 2.24) is 15.2 Å². The molecule has 0 saturated heterocycles. The van der Waals surface area contributed by atoms with Gasteiger partial charge in [-0.3, -0.25) is 15.2 Å². The molecule has 112 valence electrons. The number of H-pyrrole nitrogens is 1. The number of halogens is 3. The molecule has 1 amide bonds. The number of anilines is 1. The third kappa shape index (κ3) is 3.57. The quantitative estimate of drug-likeness (QED) is 0.906. The number of hydrogen-bond donors (Lipinski definition) is 2. The van der Waals surface area contributed by atoms with E-state index in [0.717, 1.165) is 0 Å². The Kier molecular flexibility index (Phi) is 4.22. The maximum absolute atomic E-state index is 12.4. The normalized spacial score (nSPS) is 13.0. The molecule has 1 atom stereocenters. The summed E-state index contributed by atoms with van der Waals surface area (Å²) in [5.41, 5.74) is 0.559. The van der Waals surface area contributed by atoms with Gasteiger partial charge < -0.3 is 4.74 Å². The molecule has 1 aromatic heterocycles. The first-order valence-electron chi connectivity index (χ1n) is 5.80. The van der Waals surface area contributed by atoms with Gasteiger partial charge in [-0.05, 0) is 5.56 Å². The first-order valence-corrected chi connectivity index (χ1v) is 5.80. The van der Waals surface area contributed by atoms with Gasteiger partial charge in [-0.2, -0.15) is 18.2 Å². The van der Waals surface area contributed by atoms with Crippen LogP contribution in [-0.4, -0.2) is 28.2 Å². The lowest BCUT2D eigenvalue weighted by Crippen LogP contribution is -2.23. The Morgan fingerprint density at radius 2 is 2.00 bits per heavy atom. The second-order valence-corrected chi connectivity index (χ2v) is 4.02. The lowest BCUT2D eigenvalue weighted by atomic mass is 10.1. The maximum atomic E-state index is 12.4. The molecular weight excluding hydrogens is 289 g/mol. The smallest absolute Gasteiger partial charge is 0.367 e. The Morgan fingerprint density at radius 1 is 1.33 bits per heavy atom. The van der Waals surface area contributed by atoms with Gasteiger partial charge in [0.25, 0.3) is 5.91 Å². The average molecular weight is 300 g/mol. The van der Waals surface area contributed by atoms with Gasteiger partial charge in [0.2, 0.25) is 11.8 Å². The van der Waals surface area contributed by atoms with Crippen molar-refractivity contribution >= 4 is 11.9 Å². The lowest BCUT2D eigenvalue weighted by molar-refractivity contribution is -0.144. The molecule has 1 aromatic carbocycles. The molecular formula is C12H11F3N4O2. The summed E-state index contributed by atoms with van der Waals surface area (Å²) in [5, 5.41) is 7.16. The van der Waals surface area contributed by atoms with Crippen LogP contribution in [0.3, 0.4) is 0 Å². The number of methoxy groups -OCH3 is 1. The summed E-state index contributed by atoms with van der Waals surface area (Å²) in [5.74, 6) is -2.42. The third-order valence-corrected chi connectivity index (χ3v) is 2.57. The molecule has 6 nitrogen and oxygen atoms in total. The van der Waals surface area contributed by atoms with Gasteiger partial charge in [-0.25, -0.2) is 0 Å². The van der Waals surface area contributed by atoms with Gasteiger partial charge in [-0.1, -0.05) is 30.3 Å². The number of ether oxygens (including phenoxy) is 1. The van der Waals surface area contributed by atoms with Gasteiger partial charge >= 0.3 is 6.18 Å². The molecule has 0 spiro atoms. The highest BCUT2D eigenvalue weighted by Gasteiger charge is 2.35. The van der Waals surface area contributed by atoms with Crippen LogP contribution in [0.4, 0.5) is 19.1 Å². The molecule has 9 heteroatoms. The molecule has 0 radical (unpaired) electrons. The predicted octanol–water partition coefficient (Wildman–Crippen LogP) is 2.15. The minimum absolute atomic E-state index is 0.467. The summed E-state index contributed by atoms with van der Waals surface area (Å²) in [6, 6.07) is 8.51. The summed E-state index contributed by atoms with van der Waals surface area (Å²) in [7, 11) is 1.32. The highest BCUT2D eigenvalue weighted by Crippen LogP contribution is 2.26. The zero-order chi connectivity index (χ0) is 15.5. The number of nitrogens with zero attached hydrogens (tertiary/aromatic N) is 2. The second-order valence-electron chi connectivity index (χ2n) is 4.02. The van der Waals surface area contributed by atoms with Gasteiger partial charge in [0.15, 0.2) is 6.10 Å². The van der Waals surface area contributed by atoms with Gasteiger partial charge in [0.05, 0.1) is 0 Å². The van der Waals surface area contributed by atoms with E-state index in [1.165, 1.54) is 7.11 Å².